The van der Waals surface area contributed by atoms with E-state index >= 15 is 0 Å². The first kappa shape index (κ1) is 17.1. The van der Waals surface area contributed by atoms with Crippen molar-refractivity contribution in [3.8, 4) is 0 Å². The Morgan fingerprint density at radius 2 is 1.70 bits per heavy atom. The first-order chi connectivity index (χ1) is 9.56. The molecule has 0 aliphatic rings. The summed E-state index contributed by atoms with van der Waals surface area (Å²) in [6.45, 7) is 7.02. The molecule has 1 atom stereocenters. The number of nitrogens with one attached hydrogen (secondary N) is 1. The first-order valence-corrected chi connectivity index (χ1v) is 7.44. The summed E-state index contributed by atoms with van der Waals surface area (Å²) in [6, 6.07) is 3.77. The SMILES string of the molecule is CCCNC(CCN(C)CCC)c1cc(F)cc(F)c1. The van der Waals surface area contributed by atoms with Gasteiger partial charge in [0.1, 0.15) is 11.6 Å². The normalized spacial score (nSPS) is 12.9. The summed E-state index contributed by atoms with van der Waals surface area (Å²) in [4.78, 5) is 2.25. The average Bonchev–Trinajstić information content (AvgIpc) is 2.38. The molecular formula is C16H26F2N2. The molecule has 0 saturated heterocycles. The molecule has 1 aromatic rings. The number of nitrogens with zero attached hydrogens (tertiary/aromatic N) is 1. The van der Waals surface area contributed by atoms with Crippen LogP contribution in [-0.2, 0) is 0 Å². The summed E-state index contributed by atoms with van der Waals surface area (Å²) in [5.74, 6) is -1.02. The first-order valence-electron chi connectivity index (χ1n) is 7.44. The molecule has 2 nitrogen and oxygen atoms in total. The summed E-state index contributed by atoms with van der Waals surface area (Å²) in [6.07, 6.45) is 2.95. The lowest BCUT2D eigenvalue weighted by Crippen LogP contribution is -2.28. The van der Waals surface area contributed by atoms with Crippen LogP contribution in [0.5, 0.6) is 0 Å². The minimum absolute atomic E-state index is 0.000504. The van der Waals surface area contributed by atoms with Crippen LogP contribution >= 0.6 is 0 Å². The minimum Gasteiger partial charge on any atom is -0.310 e. The van der Waals surface area contributed by atoms with Gasteiger partial charge in [-0.1, -0.05) is 13.8 Å². The van der Waals surface area contributed by atoms with E-state index in [4.69, 9.17) is 0 Å². The lowest BCUT2D eigenvalue weighted by Gasteiger charge is -2.23. The van der Waals surface area contributed by atoms with Crippen molar-refractivity contribution in [2.45, 2.75) is 39.2 Å². The van der Waals surface area contributed by atoms with E-state index in [2.05, 4.69) is 31.1 Å². The Labute approximate surface area is 121 Å². The van der Waals surface area contributed by atoms with Crippen molar-refractivity contribution in [2.24, 2.45) is 0 Å². The third-order valence-corrected chi connectivity index (χ3v) is 3.33. The Morgan fingerprint density at radius 3 is 2.25 bits per heavy atom. The summed E-state index contributed by atoms with van der Waals surface area (Å²) < 4.78 is 26.7. The molecule has 0 aliphatic heterocycles. The van der Waals surface area contributed by atoms with Crippen LogP contribution in [0.1, 0.15) is 44.7 Å². The van der Waals surface area contributed by atoms with E-state index in [1.165, 1.54) is 12.1 Å². The van der Waals surface area contributed by atoms with Crippen molar-refractivity contribution in [1.82, 2.24) is 10.2 Å². The standard InChI is InChI=1S/C16H26F2N2/c1-4-7-19-16(6-9-20(3)8-5-2)13-10-14(17)12-15(18)11-13/h10-12,16,19H,4-9H2,1-3H3. The average molecular weight is 284 g/mol. The maximum absolute atomic E-state index is 13.4. The van der Waals surface area contributed by atoms with Gasteiger partial charge in [-0.15, -0.1) is 0 Å². The molecule has 4 heteroatoms. The van der Waals surface area contributed by atoms with Gasteiger partial charge in [-0.3, -0.25) is 0 Å². The molecule has 1 N–H and O–H groups in total. The molecule has 1 unspecified atom stereocenters. The van der Waals surface area contributed by atoms with Gasteiger partial charge in [-0.25, -0.2) is 8.78 Å². The van der Waals surface area contributed by atoms with E-state index in [0.29, 0.717) is 5.56 Å². The Bertz CT molecular complexity index is 376. The second kappa shape index (κ2) is 9.03. The Hall–Kier alpha value is -1.00. The molecule has 0 radical (unpaired) electrons. The summed E-state index contributed by atoms with van der Waals surface area (Å²) in [5.41, 5.74) is 0.695. The lowest BCUT2D eigenvalue weighted by atomic mass is 10.0. The van der Waals surface area contributed by atoms with Crippen molar-refractivity contribution >= 4 is 0 Å². The fourth-order valence-electron chi connectivity index (χ4n) is 2.32. The molecule has 0 saturated carbocycles. The zero-order valence-corrected chi connectivity index (χ0v) is 12.8. The van der Waals surface area contributed by atoms with Crippen LogP contribution < -0.4 is 5.32 Å². The molecule has 0 fully saturated rings. The highest BCUT2D eigenvalue weighted by molar-refractivity contribution is 5.21. The van der Waals surface area contributed by atoms with E-state index in [1.54, 1.807) is 0 Å². The predicted octanol–water partition coefficient (Wildman–Crippen LogP) is 3.74. The van der Waals surface area contributed by atoms with Crippen LogP contribution in [0.2, 0.25) is 0 Å². The van der Waals surface area contributed by atoms with Crippen molar-refractivity contribution in [2.75, 3.05) is 26.7 Å². The fraction of sp³-hybridized carbons (Fsp3) is 0.625. The fourth-order valence-corrected chi connectivity index (χ4v) is 2.32. The topological polar surface area (TPSA) is 15.3 Å². The summed E-state index contributed by atoms with van der Waals surface area (Å²) in [7, 11) is 2.08. The van der Waals surface area contributed by atoms with Gasteiger partial charge in [0.25, 0.3) is 0 Å². The highest BCUT2D eigenvalue weighted by Gasteiger charge is 2.13. The van der Waals surface area contributed by atoms with Gasteiger partial charge in [0.05, 0.1) is 0 Å². The number of hydrogen-bond donors (Lipinski definition) is 1. The van der Waals surface area contributed by atoms with E-state index < -0.39 is 11.6 Å². The van der Waals surface area contributed by atoms with Gasteiger partial charge < -0.3 is 10.2 Å². The van der Waals surface area contributed by atoms with Gasteiger partial charge >= 0.3 is 0 Å². The van der Waals surface area contributed by atoms with Crippen LogP contribution in [0.25, 0.3) is 0 Å². The third kappa shape index (κ3) is 5.97. The zero-order chi connectivity index (χ0) is 15.0. The molecule has 0 bridgehead atoms. The van der Waals surface area contributed by atoms with Crippen LogP contribution in [0.4, 0.5) is 8.78 Å². The summed E-state index contributed by atoms with van der Waals surface area (Å²) in [5, 5.41) is 3.38. The molecule has 0 spiro atoms. The van der Waals surface area contributed by atoms with Gasteiger partial charge in [-0.05, 0) is 63.6 Å². The van der Waals surface area contributed by atoms with E-state index in [0.717, 1.165) is 45.0 Å². The highest BCUT2D eigenvalue weighted by Crippen LogP contribution is 2.20. The number of benzene rings is 1. The Morgan fingerprint density at radius 1 is 1.05 bits per heavy atom. The van der Waals surface area contributed by atoms with Crippen LogP contribution in [0.3, 0.4) is 0 Å². The minimum atomic E-state index is -0.509. The van der Waals surface area contributed by atoms with Crippen molar-refractivity contribution in [1.29, 1.82) is 0 Å². The van der Waals surface area contributed by atoms with Gasteiger partial charge in [-0.2, -0.15) is 0 Å². The van der Waals surface area contributed by atoms with Crippen LogP contribution in [0, 0.1) is 11.6 Å². The lowest BCUT2D eigenvalue weighted by molar-refractivity contribution is 0.307. The van der Waals surface area contributed by atoms with Gasteiger partial charge in [0, 0.05) is 12.1 Å². The van der Waals surface area contributed by atoms with E-state index in [-0.39, 0.29) is 6.04 Å². The highest BCUT2D eigenvalue weighted by atomic mass is 19.1. The van der Waals surface area contributed by atoms with E-state index in [1.807, 2.05) is 0 Å². The molecule has 1 rings (SSSR count). The smallest absolute Gasteiger partial charge is 0.126 e. The molecule has 0 heterocycles. The maximum atomic E-state index is 13.4. The molecule has 20 heavy (non-hydrogen) atoms. The van der Waals surface area contributed by atoms with Gasteiger partial charge in [0.2, 0.25) is 0 Å². The quantitative estimate of drug-likeness (QED) is 0.743. The Balaban J connectivity index is 2.72. The second-order valence-corrected chi connectivity index (χ2v) is 5.30. The van der Waals surface area contributed by atoms with Gasteiger partial charge in [0.15, 0.2) is 0 Å². The van der Waals surface area contributed by atoms with Crippen molar-refractivity contribution < 1.29 is 8.78 Å². The molecule has 1 aromatic carbocycles. The molecule has 0 aliphatic carbocycles. The van der Waals surface area contributed by atoms with Crippen molar-refractivity contribution in [3.05, 3.63) is 35.4 Å². The second-order valence-electron chi connectivity index (χ2n) is 5.30. The number of rotatable bonds is 9. The monoisotopic (exact) mass is 284 g/mol. The largest absolute Gasteiger partial charge is 0.310 e. The van der Waals surface area contributed by atoms with Crippen LogP contribution in [-0.4, -0.2) is 31.6 Å². The van der Waals surface area contributed by atoms with E-state index in [9.17, 15) is 8.78 Å². The molecule has 0 amide bonds. The number of halogens is 2. The maximum Gasteiger partial charge on any atom is 0.126 e. The predicted molar refractivity (Wildman–Crippen MR) is 79.8 cm³/mol. The molecular weight excluding hydrogens is 258 g/mol. The zero-order valence-electron chi connectivity index (χ0n) is 12.8. The third-order valence-electron chi connectivity index (χ3n) is 3.33. The number of hydrogen-bond acceptors (Lipinski definition) is 2. The van der Waals surface area contributed by atoms with Crippen LogP contribution in [0.15, 0.2) is 18.2 Å². The summed E-state index contributed by atoms with van der Waals surface area (Å²) >= 11 is 0. The molecule has 0 aromatic heterocycles. The van der Waals surface area contributed by atoms with Crippen molar-refractivity contribution in [3.63, 3.8) is 0 Å². The molecule has 114 valence electrons. The Kier molecular flexibility index (Phi) is 7.70.